The molecule has 3 rings (SSSR count). The number of para-hydroxylation sites is 1. The summed E-state index contributed by atoms with van der Waals surface area (Å²) in [6, 6.07) is 8.69. The Morgan fingerprint density at radius 1 is 1.25 bits per heavy atom. The van der Waals surface area contributed by atoms with Gasteiger partial charge in [-0.3, -0.25) is 4.79 Å². The van der Waals surface area contributed by atoms with Crippen molar-refractivity contribution in [2.75, 3.05) is 6.61 Å². The first-order valence-corrected chi connectivity index (χ1v) is 7.58. The Morgan fingerprint density at radius 2 is 2.08 bits per heavy atom. The first kappa shape index (κ1) is 16.1. The number of hydrogen-bond donors (Lipinski definition) is 1. The molecule has 0 aliphatic carbocycles. The second kappa shape index (κ2) is 6.80. The molecule has 1 N–H and O–H groups in total. The van der Waals surface area contributed by atoms with Gasteiger partial charge in [-0.15, -0.1) is 0 Å². The maximum absolute atomic E-state index is 12.1. The van der Waals surface area contributed by atoms with E-state index in [1.807, 2.05) is 0 Å². The first-order valence-electron chi connectivity index (χ1n) is 7.20. The maximum Gasteiger partial charge on any atom is 0.375 e. The number of aryl methyl sites for hydroxylation is 1. The highest BCUT2D eigenvalue weighted by Gasteiger charge is 2.21. The zero-order valence-electron chi connectivity index (χ0n) is 12.8. The number of halogens is 1. The summed E-state index contributed by atoms with van der Waals surface area (Å²) in [7, 11) is 0. The van der Waals surface area contributed by atoms with Gasteiger partial charge in [0.15, 0.2) is 12.2 Å². The molecule has 0 unspecified atom stereocenters. The molecule has 124 valence electrons. The van der Waals surface area contributed by atoms with E-state index in [1.54, 1.807) is 37.3 Å². The number of fused-ring (bicyclic) bond motifs is 1. The summed E-state index contributed by atoms with van der Waals surface area (Å²) in [6.07, 6.45) is 1.51. The molecule has 7 heteroatoms. The second-order valence-corrected chi connectivity index (χ2v) is 5.51. The van der Waals surface area contributed by atoms with E-state index in [0.29, 0.717) is 21.9 Å². The molecule has 0 fully saturated rings. The van der Waals surface area contributed by atoms with Crippen molar-refractivity contribution in [1.29, 1.82) is 0 Å². The average molecular weight is 348 g/mol. The van der Waals surface area contributed by atoms with Gasteiger partial charge in [0, 0.05) is 10.9 Å². The molecule has 2 aromatic heterocycles. The molecule has 0 radical (unpaired) electrons. The fraction of sp³-hybridized carbons (Fsp3) is 0.176. The van der Waals surface area contributed by atoms with Crippen molar-refractivity contribution < 1.29 is 23.2 Å². The van der Waals surface area contributed by atoms with Gasteiger partial charge < -0.3 is 18.9 Å². The first-order chi connectivity index (χ1) is 11.6. The van der Waals surface area contributed by atoms with Crippen molar-refractivity contribution in [3.8, 4) is 0 Å². The van der Waals surface area contributed by atoms with E-state index >= 15 is 0 Å². The fourth-order valence-corrected chi connectivity index (χ4v) is 2.46. The molecule has 0 bridgehead atoms. The summed E-state index contributed by atoms with van der Waals surface area (Å²) >= 11 is 6.05. The van der Waals surface area contributed by atoms with Gasteiger partial charge in [-0.1, -0.05) is 23.7 Å². The minimum absolute atomic E-state index is 0.0388. The van der Waals surface area contributed by atoms with E-state index in [0.717, 1.165) is 5.39 Å². The van der Waals surface area contributed by atoms with Crippen LogP contribution in [0.3, 0.4) is 0 Å². The van der Waals surface area contributed by atoms with Crippen LogP contribution >= 0.6 is 11.6 Å². The van der Waals surface area contributed by atoms with Crippen LogP contribution in [0.25, 0.3) is 11.0 Å². The Morgan fingerprint density at radius 3 is 2.79 bits per heavy atom. The van der Waals surface area contributed by atoms with Gasteiger partial charge in [0.25, 0.3) is 5.91 Å². The number of carbonyl (C=O) groups is 2. The van der Waals surface area contributed by atoms with Gasteiger partial charge in [0.05, 0.1) is 17.8 Å². The molecule has 1 amide bonds. The lowest BCUT2D eigenvalue weighted by Crippen LogP contribution is -2.28. The summed E-state index contributed by atoms with van der Waals surface area (Å²) in [5.41, 5.74) is 1.04. The molecule has 3 aromatic rings. The number of benzene rings is 1. The zero-order chi connectivity index (χ0) is 17.1. The summed E-state index contributed by atoms with van der Waals surface area (Å²) in [5.74, 6) is -0.506. The summed E-state index contributed by atoms with van der Waals surface area (Å²) in [4.78, 5) is 23.8. The number of amides is 1. The number of esters is 1. The quantitative estimate of drug-likeness (QED) is 0.715. The van der Waals surface area contributed by atoms with Crippen molar-refractivity contribution in [2.45, 2.75) is 13.5 Å². The molecular formula is C17H14ClNO5. The van der Waals surface area contributed by atoms with Crippen molar-refractivity contribution in [2.24, 2.45) is 0 Å². The lowest BCUT2D eigenvalue weighted by atomic mass is 10.1. The SMILES string of the molecule is Cc1c(C(=O)OCC(=O)NCc2ccco2)oc2c(Cl)cccc12. The average Bonchev–Trinajstić information content (AvgIpc) is 3.20. The van der Waals surface area contributed by atoms with Crippen LogP contribution in [0.15, 0.2) is 45.4 Å². The summed E-state index contributed by atoms with van der Waals surface area (Å²) in [6.45, 7) is 1.54. The summed E-state index contributed by atoms with van der Waals surface area (Å²) < 4.78 is 15.6. The van der Waals surface area contributed by atoms with Gasteiger partial charge in [0.1, 0.15) is 5.76 Å². The van der Waals surface area contributed by atoms with Crippen LogP contribution < -0.4 is 5.32 Å². The molecule has 0 saturated carbocycles. The van der Waals surface area contributed by atoms with Crippen molar-refractivity contribution in [1.82, 2.24) is 5.32 Å². The van der Waals surface area contributed by atoms with Crippen LogP contribution in [-0.2, 0) is 16.1 Å². The lowest BCUT2D eigenvalue weighted by Gasteiger charge is -2.04. The van der Waals surface area contributed by atoms with Crippen molar-refractivity contribution in [3.63, 3.8) is 0 Å². The predicted molar refractivity (Wildman–Crippen MR) is 86.8 cm³/mol. The van der Waals surface area contributed by atoms with Gasteiger partial charge in [0.2, 0.25) is 5.76 Å². The molecule has 0 aliphatic rings. The van der Waals surface area contributed by atoms with E-state index in [2.05, 4.69) is 5.32 Å². The molecule has 2 heterocycles. The smallest absolute Gasteiger partial charge is 0.375 e. The number of nitrogens with one attached hydrogen (secondary N) is 1. The zero-order valence-corrected chi connectivity index (χ0v) is 13.6. The third-order valence-corrected chi connectivity index (χ3v) is 3.77. The van der Waals surface area contributed by atoms with Crippen molar-refractivity contribution >= 4 is 34.4 Å². The number of rotatable bonds is 5. The van der Waals surface area contributed by atoms with Gasteiger partial charge in [-0.25, -0.2) is 4.79 Å². The number of furan rings is 2. The van der Waals surface area contributed by atoms with E-state index in [-0.39, 0.29) is 12.3 Å². The van der Waals surface area contributed by atoms with Crippen LogP contribution in [0.4, 0.5) is 0 Å². The van der Waals surface area contributed by atoms with E-state index in [9.17, 15) is 9.59 Å². The number of carbonyl (C=O) groups excluding carboxylic acids is 2. The van der Waals surface area contributed by atoms with E-state index < -0.39 is 18.5 Å². The predicted octanol–water partition coefficient (Wildman–Crippen LogP) is 3.46. The lowest BCUT2D eigenvalue weighted by molar-refractivity contribution is -0.124. The Hall–Kier alpha value is -2.73. The maximum atomic E-state index is 12.1. The van der Waals surface area contributed by atoms with E-state index in [1.165, 1.54) is 6.26 Å². The Kier molecular flexibility index (Phi) is 4.57. The molecule has 1 aromatic carbocycles. The highest BCUT2D eigenvalue weighted by atomic mass is 35.5. The second-order valence-electron chi connectivity index (χ2n) is 5.10. The van der Waals surface area contributed by atoms with Crippen molar-refractivity contribution in [3.05, 3.63) is 58.7 Å². The molecule has 24 heavy (non-hydrogen) atoms. The van der Waals surface area contributed by atoms with Crippen LogP contribution in [0, 0.1) is 6.92 Å². The molecule has 0 atom stereocenters. The largest absolute Gasteiger partial charge is 0.467 e. The normalized spacial score (nSPS) is 10.8. The Balaban J connectivity index is 1.62. The van der Waals surface area contributed by atoms with Gasteiger partial charge in [-0.05, 0) is 25.1 Å². The number of ether oxygens (including phenoxy) is 1. The van der Waals surface area contributed by atoms with Gasteiger partial charge >= 0.3 is 5.97 Å². The van der Waals surface area contributed by atoms with E-state index in [4.69, 9.17) is 25.2 Å². The van der Waals surface area contributed by atoms with Crippen LogP contribution in [0.2, 0.25) is 5.02 Å². The third kappa shape index (κ3) is 3.28. The van der Waals surface area contributed by atoms with Crippen LogP contribution in [0.1, 0.15) is 21.9 Å². The van der Waals surface area contributed by atoms with Gasteiger partial charge in [-0.2, -0.15) is 0 Å². The Labute approximate surface area is 142 Å². The molecule has 6 nitrogen and oxygen atoms in total. The molecular weight excluding hydrogens is 334 g/mol. The molecule has 0 spiro atoms. The topological polar surface area (TPSA) is 81.7 Å². The molecule has 0 aliphatic heterocycles. The van der Waals surface area contributed by atoms with Crippen LogP contribution in [-0.4, -0.2) is 18.5 Å². The monoisotopic (exact) mass is 347 g/mol. The highest BCUT2D eigenvalue weighted by Crippen LogP contribution is 2.30. The van der Waals surface area contributed by atoms with Crippen LogP contribution in [0.5, 0.6) is 0 Å². The molecule has 0 saturated heterocycles. The third-order valence-electron chi connectivity index (χ3n) is 3.48. The minimum atomic E-state index is -0.715. The fourth-order valence-electron chi connectivity index (χ4n) is 2.25. The Bertz CT molecular complexity index is 882. The standard InChI is InChI=1S/C17H14ClNO5/c1-10-12-5-2-6-13(18)16(12)24-15(10)17(21)23-9-14(20)19-8-11-4-3-7-22-11/h2-7H,8-9H2,1H3,(H,19,20). The summed E-state index contributed by atoms with van der Waals surface area (Å²) in [5, 5.41) is 3.72. The highest BCUT2D eigenvalue weighted by molar-refractivity contribution is 6.35. The number of hydrogen-bond acceptors (Lipinski definition) is 5. The minimum Gasteiger partial charge on any atom is -0.467 e.